The van der Waals surface area contributed by atoms with Crippen molar-refractivity contribution < 1.29 is 32.3 Å². The summed E-state index contributed by atoms with van der Waals surface area (Å²) in [6.07, 6.45) is 2.28. The van der Waals surface area contributed by atoms with Gasteiger partial charge in [0.1, 0.15) is 18.5 Å². The number of hydrogen-bond acceptors (Lipinski definition) is 7. The van der Waals surface area contributed by atoms with Gasteiger partial charge in [0.25, 0.3) is 11.6 Å². The van der Waals surface area contributed by atoms with Gasteiger partial charge in [0.2, 0.25) is 0 Å². The molecule has 0 aromatic heterocycles. The molecule has 1 unspecified atom stereocenters. The van der Waals surface area contributed by atoms with Crippen LogP contribution in [0.15, 0.2) is 22.5 Å². The monoisotopic (exact) mass is 463 g/mol. The second kappa shape index (κ2) is 8.07. The van der Waals surface area contributed by atoms with Crippen molar-refractivity contribution in [3.05, 3.63) is 40.2 Å². The zero-order valence-electron chi connectivity index (χ0n) is 18.2. The molecule has 0 saturated carbocycles. The number of alkyl halides is 3. The molecule has 0 spiro atoms. The lowest BCUT2D eigenvalue weighted by atomic mass is 9.91. The summed E-state index contributed by atoms with van der Waals surface area (Å²) in [4.78, 5) is 22.3. The molecule has 0 radical (unpaired) electrons. The highest BCUT2D eigenvalue weighted by Crippen LogP contribution is 2.47. The Morgan fingerprint density at radius 1 is 1.15 bits per heavy atom. The molecular weight excluding hydrogens is 439 g/mol. The molecule has 2 heterocycles. The van der Waals surface area contributed by atoms with Crippen LogP contribution in [0.2, 0.25) is 0 Å². The third kappa shape index (κ3) is 3.55. The fraction of sp³-hybridized carbons (Fsp3) is 0.522. The van der Waals surface area contributed by atoms with Crippen molar-refractivity contribution in [3.63, 3.8) is 0 Å². The third-order valence-electron chi connectivity index (χ3n) is 6.58. The van der Waals surface area contributed by atoms with Crippen molar-refractivity contribution in [3.8, 4) is 0 Å². The van der Waals surface area contributed by atoms with Gasteiger partial charge in [0, 0.05) is 12.1 Å². The topological polar surface area (TPSA) is 81.5 Å². The fourth-order valence-electron chi connectivity index (χ4n) is 5.23. The summed E-state index contributed by atoms with van der Waals surface area (Å²) >= 11 is 0. The number of esters is 1. The lowest BCUT2D eigenvalue weighted by molar-refractivity contribution is -0.155. The lowest BCUT2D eigenvalue weighted by Gasteiger charge is -2.28. The number of anilines is 1. The van der Waals surface area contributed by atoms with E-state index in [-0.39, 0.29) is 19.2 Å². The molecule has 1 aromatic rings. The summed E-state index contributed by atoms with van der Waals surface area (Å²) in [5.41, 5.74) is 1.03. The molecule has 1 atom stereocenters. The molecule has 0 fully saturated rings. The standard InChI is InChI=1S/C23H24F3N3O4/c1-2-31-20(30)22(17-10-5-11-32-29-17)12-27-21(33-22)28-19-15-8-3-6-13(15)18(23(24,25)26)14-7-4-9-16(14)19/h5,11H,2-4,6-10,12H2,1H3,(H,27,28). The molecule has 2 aliphatic heterocycles. The lowest BCUT2D eigenvalue weighted by Crippen LogP contribution is -2.51. The highest BCUT2D eigenvalue weighted by atomic mass is 19.4. The van der Waals surface area contributed by atoms with Crippen LogP contribution >= 0.6 is 0 Å². The first-order valence-electron chi connectivity index (χ1n) is 11.2. The molecule has 2 aliphatic carbocycles. The van der Waals surface area contributed by atoms with Gasteiger partial charge in [-0.2, -0.15) is 13.2 Å². The summed E-state index contributed by atoms with van der Waals surface area (Å²) in [6.45, 7) is 1.78. The number of rotatable bonds is 4. The number of carbonyl (C=O) groups excluding carboxylic acids is 1. The minimum atomic E-state index is -4.38. The summed E-state index contributed by atoms with van der Waals surface area (Å²) in [5.74, 6) is -0.633. The van der Waals surface area contributed by atoms with Crippen molar-refractivity contribution in [1.82, 2.24) is 0 Å². The quantitative estimate of drug-likeness (QED) is 0.681. The van der Waals surface area contributed by atoms with Crippen molar-refractivity contribution in [2.24, 2.45) is 10.1 Å². The van der Waals surface area contributed by atoms with Crippen LogP contribution in [0.5, 0.6) is 0 Å². The molecule has 0 amide bonds. The number of oxime groups is 1. The van der Waals surface area contributed by atoms with Crippen LogP contribution in [0.4, 0.5) is 18.9 Å². The number of benzene rings is 1. The number of allylic oxidation sites excluding steroid dienone is 1. The maximum Gasteiger partial charge on any atom is 0.416 e. The van der Waals surface area contributed by atoms with Gasteiger partial charge in [-0.25, -0.2) is 9.79 Å². The number of hydrogen-bond donors (Lipinski definition) is 1. The van der Waals surface area contributed by atoms with Gasteiger partial charge in [-0.1, -0.05) is 5.16 Å². The SMILES string of the molecule is CCOC(=O)C1(C2=NOC=CC2)CN=C(Nc2c3c(c(C(F)(F)F)c4c2CCC4)CCC3)O1. The Hall–Kier alpha value is -3.04. The van der Waals surface area contributed by atoms with E-state index in [1.807, 2.05) is 0 Å². The predicted octanol–water partition coefficient (Wildman–Crippen LogP) is 4.07. The molecule has 1 N–H and O–H groups in total. The second-order valence-electron chi connectivity index (χ2n) is 8.48. The van der Waals surface area contributed by atoms with E-state index in [4.69, 9.17) is 14.3 Å². The first kappa shape index (κ1) is 21.8. The first-order valence-corrected chi connectivity index (χ1v) is 11.2. The minimum Gasteiger partial charge on any atom is -0.463 e. The van der Waals surface area contributed by atoms with Gasteiger partial charge in [-0.3, -0.25) is 0 Å². The average Bonchev–Trinajstić information content (AvgIpc) is 3.53. The molecule has 7 nitrogen and oxygen atoms in total. The number of amidine groups is 1. The highest BCUT2D eigenvalue weighted by molar-refractivity contribution is 6.14. The Balaban J connectivity index is 1.50. The number of nitrogens with zero attached hydrogens (tertiary/aromatic N) is 2. The van der Waals surface area contributed by atoms with Crippen LogP contribution in [-0.2, 0) is 51.0 Å². The molecule has 5 rings (SSSR count). The Kier molecular flexibility index (Phi) is 5.33. The van der Waals surface area contributed by atoms with Crippen molar-refractivity contribution in [2.75, 3.05) is 18.5 Å². The van der Waals surface area contributed by atoms with E-state index >= 15 is 0 Å². The van der Waals surface area contributed by atoms with Crippen molar-refractivity contribution >= 4 is 23.4 Å². The van der Waals surface area contributed by atoms with Crippen molar-refractivity contribution in [2.45, 2.75) is 63.6 Å². The first-order chi connectivity index (χ1) is 15.8. The summed E-state index contributed by atoms with van der Waals surface area (Å²) in [6, 6.07) is 0.0725. The Bertz CT molecular complexity index is 1060. The highest BCUT2D eigenvalue weighted by Gasteiger charge is 2.53. The van der Waals surface area contributed by atoms with Gasteiger partial charge in [0.05, 0.1) is 12.2 Å². The average molecular weight is 463 g/mol. The van der Waals surface area contributed by atoms with Crippen molar-refractivity contribution in [1.29, 1.82) is 0 Å². The van der Waals surface area contributed by atoms with Crippen LogP contribution in [0, 0.1) is 0 Å². The summed E-state index contributed by atoms with van der Waals surface area (Å²) in [5, 5.41) is 7.11. The van der Waals surface area contributed by atoms with E-state index in [9.17, 15) is 18.0 Å². The van der Waals surface area contributed by atoms with E-state index in [1.54, 1.807) is 13.0 Å². The van der Waals surface area contributed by atoms with E-state index in [2.05, 4.69) is 15.5 Å². The van der Waals surface area contributed by atoms with Gasteiger partial charge < -0.3 is 19.6 Å². The molecular formula is C23H24F3N3O4. The van der Waals surface area contributed by atoms with Gasteiger partial charge >= 0.3 is 12.1 Å². The number of carbonyl (C=O) groups is 1. The molecule has 4 aliphatic rings. The Morgan fingerprint density at radius 2 is 1.82 bits per heavy atom. The number of fused-ring (bicyclic) bond motifs is 2. The van der Waals surface area contributed by atoms with Gasteiger partial charge in [-0.15, -0.1) is 0 Å². The smallest absolute Gasteiger partial charge is 0.416 e. The number of aliphatic imine (C=N–C) groups is 1. The van der Waals surface area contributed by atoms with Crippen LogP contribution < -0.4 is 5.32 Å². The molecule has 0 saturated heterocycles. The Morgan fingerprint density at radius 3 is 2.39 bits per heavy atom. The van der Waals surface area contributed by atoms with E-state index in [0.29, 0.717) is 78.6 Å². The number of ether oxygens (including phenoxy) is 2. The molecule has 0 bridgehead atoms. The van der Waals surface area contributed by atoms with E-state index < -0.39 is 23.3 Å². The van der Waals surface area contributed by atoms with Gasteiger partial charge in [-0.05, 0) is 73.8 Å². The zero-order valence-corrected chi connectivity index (χ0v) is 18.2. The number of halogens is 3. The van der Waals surface area contributed by atoms with E-state index in [1.165, 1.54) is 6.26 Å². The molecule has 176 valence electrons. The van der Waals surface area contributed by atoms with Gasteiger partial charge in [0.15, 0.2) is 0 Å². The molecule has 1 aromatic carbocycles. The third-order valence-corrected chi connectivity index (χ3v) is 6.58. The van der Waals surface area contributed by atoms with Crippen LogP contribution in [0.1, 0.15) is 54.0 Å². The fourth-order valence-corrected chi connectivity index (χ4v) is 5.23. The normalized spacial score (nSPS) is 23.3. The summed E-state index contributed by atoms with van der Waals surface area (Å²) < 4.78 is 53.1. The van der Waals surface area contributed by atoms with Crippen LogP contribution in [-0.4, -0.2) is 36.5 Å². The maximum atomic E-state index is 14.0. The minimum absolute atomic E-state index is 0.0603. The zero-order chi connectivity index (χ0) is 23.2. The van der Waals surface area contributed by atoms with Crippen LogP contribution in [0.3, 0.4) is 0 Å². The predicted molar refractivity (Wildman–Crippen MR) is 114 cm³/mol. The summed E-state index contributed by atoms with van der Waals surface area (Å²) in [7, 11) is 0. The second-order valence-corrected chi connectivity index (χ2v) is 8.48. The van der Waals surface area contributed by atoms with E-state index in [0.717, 1.165) is 0 Å². The maximum absolute atomic E-state index is 14.0. The number of nitrogens with one attached hydrogen (secondary N) is 1. The largest absolute Gasteiger partial charge is 0.463 e. The van der Waals surface area contributed by atoms with Crippen LogP contribution in [0.25, 0.3) is 0 Å². The molecule has 33 heavy (non-hydrogen) atoms. The molecule has 10 heteroatoms. The Labute approximate surface area is 188 Å².